The third-order valence-electron chi connectivity index (χ3n) is 2.74. The fourth-order valence-corrected chi connectivity index (χ4v) is 1.70. The van der Waals surface area contributed by atoms with Crippen LogP contribution < -0.4 is 11.1 Å². The average molecular weight is 243 g/mol. The van der Waals surface area contributed by atoms with E-state index in [1.807, 2.05) is 6.08 Å². The Labute approximate surface area is 101 Å². The van der Waals surface area contributed by atoms with Gasteiger partial charge < -0.3 is 9.09 Å². The van der Waals surface area contributed by atoms with Gasteiger partial charge in [0.05, 0.1) is 12.2 Å². The SMILES string of the molecule is O=c1c(=O)n(C2=C=CC2)ccn1Cc1ccon1. The van der Waals surface area contributed by atoms with E-state index >= 15 is 0 Å². The van der Waals surface area contributed by atoms with Crippen molar-refractivity contribution in [3.63, 3.8) is 0 Å². The van der Waals surface area contributed by atoms with E-state index in [1.54, 1.807) is 18.5 Å². The smallest absolute Gasteiger partial charge is 0.321 e. The molecule has 18 heavy (non-hydrogen) atoms. The fraction of sp³-hybridized carbons (Fsp3) is 0.167. The van der Waals surface area contributed by atoms with Gasteiger partial charge in [0.1, 0.15) is 12.0 Å². The molecule has 0 atom stereocenters. The summed E-state index contributed by atoms with van der Waals surface area (Å²) in [5.41, 5.74) is 3.03. The summed E-state index contributed by atoms with van der Waals surface area (Å²) >= 11 is 0. The van der Waals surface area contributed by atoms with Gasteiger partial charge in [-0.05, 0) is 6.08 Å². The van der Waals surface area contributed by atoms with Gasteiger partial charge in [-0.25, -0.2) is 0 Å². The second kappa shape index (κ2) is 4.01. The molecule has 6 heteroatoms. The first-order valence-corrected chi connectivity index (χ1v) is 5.41. The standard InChI is InChI=1S/C12H9N3O3/c16-11-12(17)15(10-2-1-3-10)6-5-14(11)8-9-4-7-18-13-9/h1,4-7H,2,8H2. The van der Waals surface area contributed by atoms with Crippen molar-refractivity contribution in [2.24, 2.45) is 0 Å². The van der Waals surface area contributed by atoms with Crippen LogP contribution in [0.2, 0.25) is 0 Å². The largest absolute Gasteiger partial charge is 0.364 e. The lowest BCUT2D eigenvalue weighted by Crippen LogP contribution is -2.40. The predicted octanol–water partition coefficient (Wildman–Crippen LogP) is 0.446. The molecule has 2 heterocycles. The van der Waals surface area contributed by atoms with Gasteiger partial charge in [0.25, 0.3) is 0 Å². The molecule has 0 saturated heterocycles. The molecule has 0 N–H and O–H groups in total. The van der Waals surface area contributed by atoms with Crippen LogP contribution in [0.15, 0.2) is 50.6 Å². The van der Waals surface area contributed by atoms with Crippen LogP contribution in [0.1, 0.15) is 12.1 Å². The van der Waals surface area contributed by atoms with Gasteiger partial charge in [0, 0.05) is 24.9 Å². The van der Waals surface area contributed by atoms with Gasteiger partial charge in [-0.15, -0.1) is 5.73 Å². The molecule has 0 spiro atoms. The molecule has 0 aliphatic heterocycles. The zero-order valence-corrected chi connectivity index (χ0v) is 9.37. The molecular formula is C12H9N3O3. The summed E-state index contributed by atoms with van der Waals surface area (Å²) in [6.45, 7) is 0.223. The minimum Gasteiger partial charge on any atom is -0.364 e. The summed E-state index contributed by atoms with van der Waals surface area (Å²) in [7, 11) is 0. The van der Waals surface area contributed by atoms with E-state index in [0.29, 0.717) is 17.8 Å². The van der Waals surface area contributed by atoms with E-state index in [4.69, 9.17) is 0 Å². The van der Waals surface area contributed by atoms with Crippen LogP contribution >= 0.6 is 0 Å². The maximum absolute atomic E-state index is 11.9. The summed E-state index contributed by atoms with van der Waals surface area (Å²) in [5.74, 6) is 0. The van der Waals surface area contributed by atoms with E-state index in [0.717, 1.165) is 0 Å². The Morgan fingerprint density at radius 3 is 2.78 bits per heavy atom. The van der Waals surface area contributed by atoms with Gasteiger partial charge >= 0.3 is 11.1 Å². The molecule has 6 nitrogen and oxygen atoms in total. The van der Waals surface area contributed by atoms with Crippen molar-refractivity contribution in [3.05, 3.63) is 62.9 Å². The number of aromatic nitrogens is 3. The van der Waals surface area contributed by atoms with Crippen LogP contribution in [0.25, 0.3) is 5.70 Å². The Morgan fingerprint density at radius 2 is 2.17 bits per heavy atom. The number of hydrogen-bond acceptors (Lipinski definition) is 4. The van der Waals surface area contributed by atoms with E-state index in [9.17, 15) is 9.59 Å². The van der Waals surface area contributed by atoms with Crippen molar-refractivity contribution in [2.45, 2.75) is 13.0 Å². The van der Waals surface area contributed by atoms with Crippen LogP contribution in [0.3, 0.4) is 0 Å². The molecule has 1 aliphatic rings. The monoisotopic (exact) mass is 243 g/mol. The molecule has 0 saturated carbocycles. The normalized spacial score (nSPS) is 13.2. The number of nitrogens with zero attached hydrogens (tertiary/aromatic N) is 3. The summed E-state index contributed by atoms with van der Waals surface area (Å²) in [6, 6.07) is 1.65. The Balaban J connectivity index is 2.03. The van der Waals surface area contributed by atoms with Gasteiger partial charge in [-0.2, -0.15) is 0 Å². The lowest BCUT2D eigenvalue weighted by molar-refractivity contribution is 0.409. The molecule has 0 bridgehead atoms. The van der Waals surface area contributed by atoms with Crippen molar-refractivity contribution in [2.75, 3.05) is 0 Å². The van der Waals surface area contributed by atoms with Crippen molar-refractivity contribution >= 4 is 5.70 Å². The quantitative estimate of drug-likeness (QED) is 0.579. The van der Waals surface area contributed by atoms with Crippen molar-refractivity contribution in [3.8, 4) is 0 Å². The van der Waals surface area contributed by atoms with Crippen LogP contribution in [-0.4, -0.2) is 14.3 Å². The highest BCUT2D eigenvalue weighted by Crippen LogP contribution is 2.12. The zero-order chi connectivity index (χ0) is 12.5. The lowest BCUT2D eigenvalue weighted by Gasteiger charge is -2.11. The molecule has 1 aliphatic carbocycles. The van der Waals surface area contributed by atoms with E-state index < -0.39 is 11.1 Å². The molecule has 3 rings (SSSR count). The third-order valence-corrected chi connectivity index (χ3v) is 2.74. The zero-order valence-electron chi connectivity index (χ0n) is 9.37. The van der Waals surface area contributed by atoms with Crippen LogP contribution in [-0.2, 0) is 6.54 Å². The minimum absolute atomic E-state index is 0.223. The lowest BCUT2D eigenvalue weighted by atomic mass is 10.2. The van der Waals surface area contributed by atoms with E-state index in [2.05, 4.69) is 15.4 Å². The van der Waals surface area contributed by atoms with Crippen molar-refractivity contribution in [1.82, 2.24) is 14.3 Å². The molecule has 90 valence electrons. The topological polar surface area (TPSA) is 70.0 Å². The fourth-order valence-electron chi connectivity index (χ4n) is 1.70. The summed E-state index contributed by atoms with van der Waals surface area (Å²) in [4.78, 5) is 23.7. The van der Waals surface area contributed by atoms with Crippen LogP contribution in [0, 0.1) is 0 Å². The maximum atomic E-state index is 11.9. The summed E-state index contributed by atoms with van der Waals surface area (Å²) in [6.07, 6.45) is 7.02. The predicted molar refractivity (Wildman–Crippen MR) is 63.0 cm³/mol. The van der Waals surface area contributed by atoms with Gasteiger partial charge in [-0.3, -0.25) is 14.2 Å². The first-order valence-electron chi connectivity index (χ1n) is 5.41. The third kappa shape index (κ3) is 1.65. The summed E-state index contributed by atoms with van der Waals surface area (Å²) in [5, 5.41) is 3.70. The minimum atomic E-state index is -0.582. The number of hydrogen-bond donors (Lipinski definition) is 0. The maximum Gasteiger partial charge on any atom is 0.321 e. The molecule has 2 aromatic heterocycles. The first-order chi connectivity index (χ1) is 8.75. The van der Waals surface area contributed by atoms with Crippen LogP contribution in [0.4, 0.5) is 0 Å². The second-order valence-corrected chi connectivity index (χ2v) is 3.90. The Bertz CT molecular complexity index is 759. The number of allylic oxidation sites excluding steroid dienone is 1. The van der Waals surface area contributed by atoms with Crippen LogP contribution in [0.5, 0.6) is 0 Å². The Hall–Kier alpha value is -2.59. The van der Waals surface area contributed by atoms with Gasteiger partial charge in [0.15, 0.2) is 0 Å². The average Bonchev–Trinajstić information content (AvgIpc) is 2.79. The first kappa shape index (κ1) is 10.6. The molecule has 2 aromatic rings. The van der Waals surface area contributed by atoms with Crippen molar-refractivity contribution in [1.29, 1.82) is 0 Å². The molecule has 0 unspecified atom stereocenters. The van der Waals surface area contributed by atoms with E-state index in [1.165, 1.54) is 15.4 Å². The molecular weight excluding hydrogens is 234 g/mol. The van der Waals surface area contributed by atoms with Crippen molar-refractivity contribution < 1.29 is 4.52 Å². The Morgan fingerprint density at radius 1 is 1.33 bits per heavy atom. The highest BCUT2D eigenvalue weighted by molar-refractivity contribution is 5.52. The second-order valence-electron chi connectivity index (χ2n) is 3.90. The molecule has 0 aromatic carbocycles. The highest BCUT2D eigenvalue weighted by atomic mass is 16.5. The highest BCUT2D eigenvalue weighted by Gasteiger charge is 2.11. The van der Waals surface area contributed by atoms with Gasteiger partial charge in [-0.1, -0.05) is 5.16 Å². The molecule has 0 radical (unpaired) electrons. The number of rotatable bonds is 3. The molecule has 0 fully saturated rings. The molecule has 0 amide bonds. The van der Waals surface area contributed by atoms with Gasteiger partial charge in [0.2, 0.25) is 0 Å². The van der Waals surface area contributed by atoms with E-state index in [-0.39, 0.29) is 6.54 Å². The summed E-state index contributed by atoms with van der Waals surface area (Å²) < 4.78 is 7.30. The Kier molecular flexibility index (Phi) is 2.35.